The molecule has 34 heavy (non-hydrogen) atoms. The molecule has 5 heteroatoms. The first-order chi connectivity index (χ1) is 16.2. The SMILES string of the molecule is CCCCCCCCOc1c(OC)cc(NCCCC(C)N)c2nc(C(C)(C)C)cc(CC)c12. The van der Waals surface area contributed by atoms with Crippen molar-refractivity contribution in [3.63, 3.8) is 0 Å². The minimum Gasteiger partial charge on any atom is -0.493 e. The number of methoxy groups -OCH3 is 1. The average molecular weight is 472 g/mol. The summed E-state index contributed by atoms with van der Waals surface area (Å²) in [5, 5.41) is 4.70. The summed E-state index contributed by atoms with van der Waals surface area (Å²) in [4.78, 5) is 5.16. The molecule has 192 valence electrons. The van der Waals surface area contributed by atoms with Crippen LogP contribution in [0.3, 0.4) is 0 Å². The molecule has 0 bridgehead atoms. The Kier molecular flexibility index (Phi) is 11.4. The molecule has 1 aromatic carbocycles. The summed E-state index contributed by atoms with van der Waals surface area (Å²) in [7, 11) is 1.72. The molecular formula is C29H49N3O2. The summed E-state index contributed by atoms with van der Waals surface area (Å²) in [5.74, 6) is 1.60. The Morgan fingerprint density at radius 2 is 1.74 bits per heavy atom. The molecule has 3 N–H and O–H groups in total. The van der Waals surface area contributed by atoms with Crippen LogP contribution in [0.1, 0.15) is 104 Å². The van der Waals surface area contributed by atoms with Crippen LogP contribution < -0.4 is 20.5 Å². The number of pyridine rings is 1. The number of nitrogens with zero attached hydrogens (tertiary/aromatic N) is 1. The van der Waals surface area contributed by atoms with Gasteiger partial charge in [-0.2, -0.15) is 0 Å². The van der Waals surface area contributed by atoms with E-state index in [-0.39, 0.29) is 11.5 Å². The molecule has 0 aliphatic heterocycles. The van der Waals surface area contributed by atoms with E-state index < -0.39 is 0 Å². The van der Waals surface area contributed by atoms with E-state index >= 15 is 0 Å². The van der Waals surface area contributed by atoms with Gasteiger partial charge in [-0.15, -0.1) is 0 Å². The fourth-order valence-corrected chi connectivity index (χ4v) is 4.23. The lowest BCUT2D eigenvalue weighted by molar-refractivity contribution is 0.288. The zero-order valence-electron chi connectivity index (χ0n) is 22.9. The van der Waals surface area contributed by atoms with E-state index in [1.165, 1.54) is 37.7 Å². The number of aryl methyl sites for hydroxylation is 1. The minimum absolute atomic E-state index is 0.0379. The monoisotopic (exact) mass is 471 g/mol. The quantitative estimate of drug-likeness (QED) is 0.265. The largest absolute Gasteiger partial charge is 0.493 e. The Labute approximate surface area is 208 Å². The Morgan fingerprint density at radius 1 is 1.03 bits per heavy atom. The summed E-state index contributed by atoms with van der Waals surface area (Å²) in [6.07, 6.45) is 10.3. The fourth-order valence-electron chi connectivity index (χ4n) is 4.23. The van der Waals surface area contributed by atoms with E-state index in [9.17, 15) is 0 Å². The third kappa shape index (κ3) is 8.04. The number of nitrogens with one attached hydrogen (secondary N) is 1. The first-order valence-electron chi connectivity index (χ1n) is 13.4. The second kappa shape index (κ2) is 13.8. The lowest BCUT2D eigenvalue weighted by Gasteiger charge is -2.23. The lowest BCUT2D eigenvalue weighted by atomic mass is 9.89. The average Bonchev–Trinajstić information content (AvgIpc) is 2.80. The van der Waals surface area contributed by atoms with Gasteiger partial charge in [0.15, 0.2) is 11.5 Å². The van der Waals surface area contributed by atoms with Gasteiger partial charge in [0, 0.05) is 29.8 Å². The number of hydrogen-bond donors (Lipinski definition) is 2. The smallest absolute Gasteiger partial charge is 0.170 e. The van der Waals surface area contributed by atoms with Gasteiger partial charge in [0.05, 0.1) is 30.3 Å². The molecule has 1 heterocycles. The molecule has 5 nitrogen and oxygen atoms in total. The highest BCUT2D eigenvalue weighted by atomic mass is 16.5. The Morgan fingerprint density at radius 3 is 2.35 bits per heavy atom. The summed E-state index contributed by atoms with van der Waals surface area (Å²) >= 11 is 0. The Hall–Kier alpha value is -2.01. The predicted molar refractivity (Wildman–Crippen MR) is 147 cm³/mol. The maximum atomic E-state index is 6.42. The zero-order valence-corrected chi connectivity index (χ0v) is 22.9. The van der Waals surface area contributed by atoms with Gasteiger partial charge in [0.1, 0.15) is 0 Å². The highest BCUT2D eigenvalue weighted by molar-refractivity contribution is 5.99. The number of aromatic nitrogens is 1. The number of ether oxygens (including phenoxy) is 2. The van der Waals surface area contributed by atoms with Crippen molar-refractivity contribution < 1.29 is 9.47 Å². The second-order valence-electron chi connectivity index (χ2n) is 10.6. The Balaban J connectivity index is 2.43. The highest BCUT2D eigenvalue weighted by Gasteiger charge is 2.23. The van der Waals surface area contributed by atoms with Crippen LogP contribution in [0.2, 0.25) is 0 Å². The molecule has 0 radical (unpaired) electrons. The maximum absolute atomic E-state index is 6.42. The third-order valence-electron chi connectivity index (χ3n) is 6.35. The molecule has 1 atom stereocenters. The molecule has 0 fully saturated rings. The summed E-state index contributed by atoms with van der Waals surface area (Å²) in [5.41, 5.74) is 10.2. The van der Waals surface area contributed by atoms with Crippen molar-refractivity contribution >= 4 is 16.6 Å². The number of anilines is 1. The van der Waals surface area contributed by atoms with Crippen molar-refractivity contribution in [3.05, 3.63) is 23.4 Å². The highest BCUT2D eigenvalue weighted by Crippen LogP contribution is 2.43. The first-order valence-corrected chi connectivity index (χ1v) is 13.4. The second-order valence-corrected chi connectivity index (χ2v) is 10.6. The van der Waals surface area contributed by atoms with Crippen molar-refractivity contribution in [3.8, 4) is 11.5 Å². The van der Waals surface area contributed by atoms with Crippen molar-refractivity contribution in [2.45, 2.75) is 111 Å². The van der Waals surface area contributed by atoms with E-state index in [0.29, 0.717) is 6.61 Å². The molecule has 1 unspecified atom stereocenters. The minimum atomic E-state index is -0.0379. The molecule has 0 saturated heterocycles. The van der Waals surface area contributed by atoms with Crippen LogP contribution in [-0.4, -0.2) is 31.3 Å². The normalized spacial score (nSPS) is 12.7. The van der Waals surface area contributed by atoms with Gasteiger partial charge in [0.25, 0.3) is 0 Å². The van der Waals surface area contributed by atoms with E-state index in [0.717, 1.165) is 66.0 Å². The maximum Gasteiger partial charge on any atom is 0.170 e. The third-order valence-corrected chi connectivity index (χ3v) is 6.35. The van der Waals surface area contributed by atoms with Crippen molar-refractivity contribution in [2.24, 2.45) is 5.73 Å². The van der Waals surface area contributed by atoms with Gasteiger partial charge in [-0.3, -0.25) is 0 Å². The molecule has 0 aliphatic carbocycles. The van der Waals surface area contributed by atoms with Gasteiger partial charge in [-0.25, -0.2) is 4.98 Å². The number of rotatable bonds is 15. The van der Waals surface area contributed by atoms with E-state index in [4.69, 9.17) is 20.2 Å². The number of benzene rings is 1. The van der Waals surface area contributed by atoms with Crippen LogP contribution in [0.25, 0.3) is 10.9 Å². The molecule has 2 rings (SSSR count). The van der Waals surface area contributed by atoms with Crippen molar-refractivity contribution in [2.75, 3.05) is 25.6 Å². The van der Waals surface area contributed by atoms with Crippen LogP contribution in [-0.2, 0) is 11.8 Å². The first kappa shape index (κ1) is 28.2. The lowest BCUT2D eigenvalue weighted by Crippen LogP contribution is -2.17. The van der Waals surface area contributed by atoms with Gasteiger partial charge in [-0.1, -0.05) is 66.7 Å². The molecular weight excluding hydrogens is 422 g/mol. The van der Waals surface area contributed by atoms with Gasteiger partial charge in [-0.05, 0) is 44.2 Å². The molecule has 0 spiro atoms. The number of fused-ring (bicyclic) bond motifs is 1. The van der Waals surface area contributed by atoms with E-state index in [1.807, 2.05) is 0 Å². The summed E-state index contributed by atoms with van der Waals surface area (Å²) in [6.45, 7) is 14.7. The van der Waals surface area contributed by atoms with E-state index in [1.54, 1.807) is 7.11 Å². The summed E-state index contributed by atoms with van der Waals surface area (Å²) in [6, 6.07) is 4.52. The number of unbranched alkanes of at least 4 members (excludes halogenated alkanes) is 5. The Bertz CT molecular complexity index is 887. The standard InChI is InChI=1S/C29H49N3O2/c1-8-10-11-12-13-14-18-34-28-24(33-7)20-23(31-17-15-16-21(3)30)27-26(28)22(9-2)19-25(32-27)29(4,5)6/h19-21,31H,8-18,30H2,1-7H3. The number of hydrogen-bond acceptors (Lipinski definition) is 5. The molecule has 0 aliphatic rings. The van der Waals surface area contributed by atoms with E-state index in [2.05, 4.69) is 59.0 Å². The van der Waals surface area contributed by atoms with Crippen molar-refractivity contribution in [1.82, 2.24) is 4.98 Å². The van der Waals surface area contributed by atoms with Crippen LogP contribution in [0.4, 0.5) is 5.69 Å². The number of nitrogens with two attached hydrogens (primary N) is 1. The topological polar surface area (TPSA) is 69.4 Å². The van der Waals surface area contributed by atoms with Crippen LogP contribution >= 0.6 is 0 Å². The van der Waals surface area contributed by atoms with Gasteiger partial charge in [0.2, 0.25) is 0 Å². The molecule has 2 aromatic rings. The van der Waals surface area contributed by atoms with Crippen molar-refractivity contribution in [1.29, 1.82) is 0 Å². The molecule has 0 amide bonds. The summed E-state index contributed by atoms with van der Waals surface area (Å²) < 4.78 is 12.3. The molecule has 1 aromatic heterocycles. The molecule has 0 saturated carbocycles. The predicted octanol–water partition coefficient (Wildman–Crippen LogP) is 7.38. The zero-order chi connectivity index (χ0) is 25.1. The van der Waals surface area contributed by atoms with Crippen LogP contribution in [0.5, 0.6) is 11.5 Å². The van der Waals surface area contributed by atoms with Gasteiger partial charge >= 0.3 is 0 Å². The fraction of sp³-hybridized carbons (Fsp3) is 0.690. The van der Waals surface area contributed by atoms with Gasteiger partial charge < -0.3 is 20.5 Å². The van der Waals surface area contributed by atoms with Crippen LogP contribution in [0, 0.1) is 0 Å². The van der Waals surface area contributed by atoms with Crippen LogP contribution in [0.15, 0.2) is 12.1 Å².